The van der Waals surface area contributed by atoms with Gasteiger partial charge in [0.25, 0.3) is 0 Å². The molecule has 1 atom stereocenters. The van der Waals surface area contributed by atoms with Crippen molar-refractivity contribution in [3.8, 4) is 11.5 Å². The van der Waals surface area contributed by atoms with Crippen LogP contribution in [0, 0.1) is 0 Å². The Morgan fingerprint density at radius 1 is 0.711 bits per heavy atom. The molecule has 3 aromatic carbocycles. The van der Waals surface area contributed by atoms with Crippen LogP contribution in [0.15, 0.2) is 54.6 Å². The fraction of sp³-hybridized carbons (Fsp3) is 0.160. The third-order valence-corrected chi connectivity index (χ3v) is 6.85. The maximum absolute atomic E-state index is 12.9. The maximum atomic E-state index is 12.9. The Morgan fingerprint density at radius 3 is 1.82 bits per heavy atom. The summed E-state index contributed by atoms with van der Waals surface area (Å²) in [6.45, 7) is -0.0507. The second-order valence-electron chi connectivity index (χ2n) is 7.59. The number of hydrogen-bond acceptors (Lipinski definition) is 6. The monoisotopic (exact) mass is 637 g/mol. The smallest absolute Gasteiger partial charge is 0.408 e. The van der Waals surface area contributed by atoms with Crippen molar-refractivity contribution in [1.82, 2.24) is 5.32 Å². The van der Waals surface area contributed by atoms with Gasteiger partial charge in [0.1, 0.15) is 12.6 Å². The van der Waals surface area contributed by atoms with E-state index in [2.05, 4.69) is 5.32 Å². The van der Waals surface area contributed by atoms with Gasteiger partial charge in [-0.05, 0) is 24.1 Å². The molecule has 0 spiro atoms. The van der Waals surface area contributed by atoms with Crippen LogP contribution in [0.4, 0.5) is 4.79 Å². The first-order valence-corrected chi connectivity index (χ1v) is 13.0. The molecule has 0 aliphatic heterocycles. The van der Waals surface area contributed by atoms with Crippen molar-refractivity contribution in [1.29, 1.82) is 0 Å². The van der Waals surface area contributed by atoms with E-state index in [1.165, 1.54) is 24.3 Å². The molecule has 3 rings (SSSR count). The number of carbonyl (C=O) groups excluding carboxylic acids is 3. The number of alkyl carbamates (subject to hydrolysis) is 1. The van der Waals surface area contributed by atoms with Gasteiger partial charge in [-0.15, -0.1) is 0 Å². The van der Waals surface area contributed by atoms with Crippen LogP contribution < -0.4 is 14.8 Å². The first-order valence-electron chi connectivity index (χ1n) is 10.7. The molecular weight excluding hydrogens is 623 g/mol. The predicted molar refractivity (Wildman–Crippen MR) is 147 cm³/mol. The lowest BCUT2D eigenvalue weighted by atomic mass is 10.1. The van der Waals surface area contributed by atoms with Gasteiger partial charge < -0.3 is 19.5 Å². The van der Waals surface area contributed by atoms with Crippen LogP contribution in [0.2, 0.25) is 30.1 Å². The molecule has 3 aromatic rings. The lowest BCUT2D eigenvalue weighted by Crippen LogP contribution is -2.43. The number of amides is 1. The lowest BCUT2D eigenvalue weighted by molar-refractivity contribution is -0.138. The largest absolute Gasteiger partial charge is 0.445 e. The molecule has 0 saturated heterocycles. The first kappa shape index (κ1) is 30.2. The van der Waals surface area contributed by atoms with Gasteiger partial charge in [0.2, 0.25) is 0 Å². The maximum Gasteiger partial charge on any atom is 0.408 e. The van der Waals surface area contributed by atoms with Crippen molar-refractivity contribution in [2.24, 2.45) is 0 Å². The van der Waals surface area contributed by atoms with Gasteiger partial charge in [-0.1, -0.05) is 99.9 Å². The summed E-state index contributed by atoms with van der Waals surface area (Å²) < 4.78 is 15.7. The topological polar surface area (TPSA) is 90.9 Å². The molecule has 0 aliphatic rings. The van der Waals surface area contributed by atoms with E-state index in [0.717, 1.165) is 5.56 Å². The van der Waals surface area contributed by atoms with E-state index in [1.807, 2.05) is 6.07 Å². The highest BCUT2D eigenvalue weighted by Gasteiger charge is 2.26. The highest BCUT2D eigenvalue weighted by molar-refractivity contribution is 6.44. The van der Waals surface area contributed by atoms with Crippen molar-refractivity contribution < 1.29 is 28.6 Å². The molecule has 0 saturated carbocycles. The SMILES string of the molecule is O=C(CC[C@H](NC(=O)OCc1ccccc1)C(=O)Oc1cc(Cl)c(Cl)cc1Cl)Oc1cc(Cl)c(Cl)cc1Cl. The molecule has 0 aliphatic carbocycles. The summed E-state index contributed by atoms with van der Waals surface area (Å²) in [5, 5.41) is 3.00. The molecular formula is C25H17Cl6NO6. The highest BCUT2D eigenvalue weighted by atomic mass is 35.5. The number of carbonyl (C=O) groups is 3. The predicted octanol–water partition coefficient (Wildman–Crippen LogP) is 8.19. The van der Waals surface area contributed by atoms with Crippen molar-refractivity contribution in [2.45, 2.75) is 25.5 Å². The summed E-state index contributed by atoms with van der Waals surface area (Å²) in [6, 6.07) is 12.7. The third-order valence-electron chi connectivity index (χ3n) is 4.81. The Kier molecular flexibility index (Phi) is 11.2. The van der Waals surface area contributed by atoms with Crippen LogP contribution in [0.5, 0.6) is 11.5 Å². The number of rotatable bonds is 9. The number of benzene rings is 3. The average molecular weight is 640 g/mol. The van der Waals surface area contributed by atoms with Gasteiger partial charge in [0, 0.05) is 18.6 Å². The van der Waals surface area contributed by atoms with Gasteiger partial charge in [-0.25, -0.2) is 9.59 Å². The average Bonchev–Trinajstić information content (AvgIpc) is 2.87. The molecule has 200 valence electrons. The minimum atomic E-state index is -1.33. The fourth-order valence-corrected chi connectivity index (χ4v) is 4.09. The van der Waals surface area contributed by atoms with E-state index in [9.17, 15) is 14.4 Å². The molecule has 0 fully saturated rings. The Morgan fingerprint density at radius 2 is 1.24 bits per heavy atom. The van der Waals surface area contributed by atoms with E-state index in [-0.39, 0.29) is 61.1 Å². The second-order valence-corrected chi connectivity index (χ2v) is 10.0. The van der Waals surface area contributed by atoms with Crippen molar-refractivity contribution in [3.05, 3.63) is 90.3 Å². The van der Waals surface area contributed by atoms with Crippen LogP contribution in [0.1, 0.15) is 18.4 Å². The van der Waals surface area contributed by atoms with E-state index in [4.69, 9.17) is 83.8 Å². The number of halogens is 6. The summed E-state index contributed by atoms with van der Waals surface area (Å²) in [6.07, 6.45) is -1.47. The van der Waals surface area contributed by atoms with Gasteiger partial charge >= 0.3 is 18.0 Å². The number of nitrogens with one attached hydrogen (secondary N) is 1. The molecule has 0 radical (unpaired) electrons. The van der Waals surface area contributed by atoms with E-state index in [1.54, 1.807) is 24.3 Å². The summed E-state index contributed by atoms with van der Waals surface area (Å²) in [5.41, 5.74) is 0.728. The lowest BCUT2D eigenvalue weighted by Gasteiger charge is -2.18. The number of ether oxygens (including phenoxy) is 3. The van der Waals surface area contributed by atoms with Crippen LogP contribution in [0.3, 0.4) is 0 Å². The minimum absolute atomic E-state index is 0.00632. The number of hydrogen-bond donors (Lipinski definition) is 1. The molecule has 1 N–H and O–H groups in total. The van der Waals surface area contributed by atoms with E-state index in [0.29, 0.717) is 0 Å². The van der Waals surface area contributed by atoms with Crippen molar-refractivity contribution in [3.63, 3.8) is 0 Å². The molecule has 1 amide bonds. The summed E-state index contributed by atoms with van der Waals surface area (Å²) in [7, 11) is 0. The highest BCUT2D eigenvalue weighted by Crippen LogP contribution is 2.35. The Bertz CT molecular complexity index is 1340. The van der Waals surface area contributed by atoms with Gasteiger partial charge in [-0.2, -0.15) is 0 Å². The molecule has 7 nitrogen and oxygen atoms in total. The minimum Gasteiger partial charge on any atom is -0.445 e. The first-order chi connectivity index (χ1) is 18.0. The van der Waals surface area contributed by atoms with Gasteiger partial charge in [0.05, 0.1) is 30.1 Å². The molecule has 13 heteroatoms. The van der Waals surface area contributed by atoms with Gasteiger partial charge in [-0.3, -0.25) is 4.79 Å². The van der Waals surface area contributed by atoms with Crippen LogP contribution in [-0.2, 0) is 20.9 Å². The Labute approximate surface area is 247 Å². The molecule has 0 aromatic heterocycles. The summed E-state index contributed by atoms with van der Waals surface area (Å²) >= 11 is 35.9. The molecule has 38 heavy (non-hydrogen) atoms. The second kappa shape index (κ2) is 14.1. The third kappa shape index (κ3) is 8.83. The van der Waals surface area contributed by atoms with Gasteiger partial charge in [0.15, 0.2) is 11.5 Å². The standard InChI is InChI=1S/C25H17Cl6NO6/c26-14-8-18(30)21(10-16(14)28)37-23(33)7-6-20(32-25(35)36-12-13-4-2-1-3-5-13)24(34)38-22-11-17(29)15(27)9-19(22)31/h1-5,8-11,20H,6-7,12H2,(H,32,35)/t20-/m0/s1. The zero-order valence-corrected chi connectivity index (χ0v) is 23.6. The summed E-state index contributed by atoms with van der Waals surface area (Å²) in [4.78, 5) is 37.9. The van der Waals surface area contributed by atoms with Crippen LogP contribution >= 0.6 is 69.6 Å². The van der Waals surface area contributed by atoms with Crippen LogP contribution in [-0.4, -0.2) is 24.1 Å². The quantitative estimate of drug-likeness (QED) is 0.144. The zero-order chi connectivity index (χ0) is 27.8. The van der Waals surface area contributed by atoms with Crippen LogP contribution in [0.25, 0.3) is 0 Å². The van der Waals surface area contributed by atoms with Crippen molar-refractivity contribution >= 4 is 87.6 Å². The fourth-order valence-electron chi connectivity index (χ4n) is 2.94. The van der Waals surface area contributed by atoms with E-state index >= 15 is 0 Å². The Hall–Kier alpha value is -2.39. The molecule has 0 unspecified atom stereocenters. The van der Waals surface area contributed by atoms with Crippen molar-refractivity contribution in [2.75, 3.05) is 0 Å². The Balaban J connectivity index is 1.69. The number of esters is 2. The molecule has 0 heterocycles. The molecule has 0 bridgehead atoms. The summed E-state index contributed by atoms with van der Waals surface area (Å²) in [5.74, 6) is -1.83. The zero-order valence-electron chi connectivity index (χ0n) is 19.1. The normalized spacial score (nSPS) is 11.4. The van der Waals surface area contributed by atoms with E-state index < -0.39 is 24.1 Å².